The van der Waals surface area contributed by atoms with Gasteiger partial charge in [0.25, 0.3) is 0 Å². The van der Waals surface area contributed by atoms with E-state index in [0.717, 1.165) is 39.0 Å². The number of carbonyl (C=O) groups excluding carboxylic acids is 1. The number of urea groups is 1. The molecule has 2 amide bonds. The molecule has 1 heterocycles. The van der Waals surface area contributed by atoms with Crippen LogP contribution in [0.3, 0.4) is 0 Å². The predicted octanol–water partition coefficient (Wildman–Crippen LogP) is 1.51. The molecule has 0 aromatic heterocycles. The molecular weight excluding hydrogens is 192 g/mol. The highest BCUT2D eigenvalue weighted by Crippen LogP contribution is 2.18. The van der Waals surface area contributed by atoms with Crippen molar-refractivity contribution in [2.75, 3.05) is 19.8 Å². The molecular formula is C11H22N2O2. The SMILES string of the molecule is CCCNC(=O)NC(C)C1CCOCC1. The van der Waals surface area contributed by atoms with E-state index in [4.69, 9.17) is 4.74 Å². The average Bonchev–Trinajstić information content (AvgIpc) is 2.27. The maximum Gasteiger partial charge on any atom is 0.315 e. The van der Waals surface area contributed by atoms with E-state index in [0.29, 0.717) is 5.92 Å². The van der Waals surface area contributed by atoms with Gasteiger partial charge in [0.15, 0.2) is 0 Å². The average molecular weight is 214 g/mol. The third kappa shape index (κ3) is 4.51. The molecule has 1 aliphatic rings. The highest BCUT2D eigenvalue weighted by atomic mass is 16.5. The van der Waals surface area contributed by atoms with Crippen LogP contribution in [-0.2, 0) is 4.74 Å². The molecule has 1 unspecified atom stereocenters. The Morgan fingerprint density at radius 2 is 2.13 bits per heavy atom. The maximum atomic E-state index is 11.4. The van der Waals surface area contributed by atoms with Crippen molar-refractivity contribution in [3.05, 3.63) is 0 Å². The molecule has 0 saturated carbocycles. The number of nitrogens with one attached hydrogen (secondary N) is 2. The number of rotatable bonds is 4. The van der Waals surface area contributed by atoms with Crippen LogP contribution in [0.4, 0.5) is 4.79 Å². The summed E-state index contributed by atoms with van der Waals surface area (Å²) in [5.74, 6) is 0.561. The van der Waals surface area contributed by atoms with Gasteiger partial charge in [0.1, 0.15) is 0 Å². The second-order valence-electron chi connectivity index (χ2n) is 4.14. The fourth-order valence-corrected chi connectivity index (χ4v) is 1.83. The van der Waals surface area contributed by atoms with Gasteiger partial charge in [0.2, 0.25) is 0 Å². The Bertz CT molecular complexity index is 191. The molecule has 4 heteroatoms. The lowest BCUT2D eigenvalue weighted by molar-refractivity contribution is 0.0571. The largest absolute Gasteiger partial charge is 0.381 e. The first kappa shape index (κ1) is 12.3. The minimum absolute atomic E-state index is 0.0455. The number of hydrogen-bond acceptors (Lipinski definition) is 2. The number of hydrogen-bond donors (Lipinski definition) is 2. The number of carbonyl (C=O) groups is 1. The molecule has 1 saturated heterocycles. The number of ether oxygens (including phenoxy) is 1. The van der Waals surface area contributed by atoms with Crippen molar-refractivity contribution in [2.24, 2.45) is 5.92 Å². The Morgan fingerprint density at radius 1 is 1.47 bits per heavy atom. The van der Waals surface area contributed by atoms with Crippen LogP contribution in [0.2, 0.25) is 0 Å². The van der Waals surface area contributed by atoms with Crippen LogP contribution in [0.5, 0.6) is 0 Å². The summed E-state index contributed by atoms with van der Waals surface area (Å²) in [6.07, 6.45) is 3.07. The minimum Gasteiger partial charge on any atom is -0.381 e. The molecule has 0 spiro atoms. The van der Waals surface area contributed by atoms with E-state index in [-0.39, 0.29) is 12.1 Å². The van der Waals surface area contributed by atoms with Crippen molar-refractivity contribution in [3.8, 4) is 0 Å². The first-order valence-corrected chi connectivity index (χ1v) is 5.86. The molecule has 1 aliphatic heterocycles. The van der Waals surface area contributed by atoms with Crippen molar-refractivity contribution in [1.29, 1.82) is 0 Å². The van der Waals surface area contributed by atoms with Crippen LogP contribution in [0.15, 0.2) is 0 Å². The van der Waals surface area contributed by atoms with Gasteiger partial charge in [-0.15, -0.1) is 0 Å². The zero-order chi connectivity index (χ0) is 11.1. The van der Waals surface area contributed by atoms with E-state index >= 15 is 0 Å². The summed E-state index contributed by atoms with van der Waals surface area (Å²) in [6, 6.07) is 0.196. The van der Waals surface area contributed by atoms with Gasteiger partial charge >= 0.3 is 6.03 Å². The van der Waals surface area contributed by atoms with Gasteiger partial charge in [0, 0.05) is 25.8 Å². The second-order valence-corrected chi connectivity index (χ2v) is 4.14. The van der Waals surface area contributed by atoms with Crippen molar-refractivity contribution in [3.63, 3.8) is 0 Å². The molecule has 1 rings (SSSR count). The van der Waals surface area contributed by atoms with Crippen LogP contribution in [0.25, 0.3) is 0 Å². The molecule has 0 aromatic carbocycles. The fraction of sp³-hybridized carbons (Fsp3) is 0.909. The molecule has 1 atom stereocenters. The lowest BCUT2D eigenvalue weighted by Gasteiger charge is -2.28. The highest BCUT2D eigenvalue weighted by Gasteiger charge is 2.21. The van der Waals surface area contributed by atoms with Crippen LogP contribution >= 0.6 is 0 Å². The third-order valence-electron chi connectivity index (χ3n) is 2.87. The molecule has 0 bridgehead atoms. The Balaban J connectivity index is 2.21. The van der Waals surface area contributed by atoms with Crippen LogP contribution < -0.4 is 10.6 Å². The van der Waals surface area contributed by atoms with Gasteiger partial charge in [-0.1, -0.05) is 6.92 Å². The smallest absolute Gasteiger partial charge is 0.315 e. The molecule has 88 valence electrons. The Hall–Kier alpha value is -0.770. The van der Waals surface area contributed by atoms with Crippen molar-refractivity contribution in [2.45, 2.75) is 39.2 Å². The van der Waals surface area contributed by atoms with Crippen LogP contribution in [-0.4, -0.2) is 31.8 Å². The van der Waals surface area contributed by atoms with E-state index < -0.39 is 0 Å². The van der Waals surface area contributed by atoms with E-state index in [1.165, 1.54) is 0 Å². The minimum atomic E-state index is -0.0455. The molecule has 15 heavy (non-hydrogen) atoms. The van der Waals surface area contributed by atoms with Gasteiger partial charge in [-0.3, -0.25) is 0 Å². The molecule has 1 fully saturated rings. The van der Waals surface area contributed by atoms with E-state index in [1.54, 1.807) is 0 Å². The van der Waals surface area contributed by atoms with E-state index in [9.17, 15) is 4.79 Å². The van der Waals surface area contributed by atoms with Crippen LogP contribution in [0.1, 0.15) is 33.1 Å². The lowest BCUT2D eigenvalue weighted by atomic mass is 9.93. The first-order valence-electron chi connectivity index (χ1n) is 5.86. The van der Waals surface area contributed by atoms with Gasteiger partial charge in [-0.2, -0.15) is 0 Å². The normalized spacial score (nSPS) is 19.6. The zero-order valence-corrected chi connectivity index (χ0v) is 9.71. The quantitative estimate of drug-likeness (QED) is 0.745. The number of amides is 2. The van der Waals surface area contributed by atoms with Gasteiger partial charge in [-0.25, -0.2) is 4.79 Å². The fourth-order valence-electron chi connectivity index (χ4n) is 1.83. The van der Waals surface area contributed by atoms with E-state index in [1.807, 2.05) is 6.92 Å². The Labute approximate surface area is 91.8 Å². The van der Waals surface area contributed by atoms with Gasteiger partial charge in [-0.05, 0) is 32.1 Å². The molecule has 0 aromatic rings. The molecule has 4 nitrogen and oxygen atoms in total. The zero-order valence-electron chi connectivity index (χ0n) is 9.71. The first-order chi connectivity index (χ1) is 7.24. The van der Waals surface area contributed by atoms with Gasteiger partial charge in [0.05, 0.1) is 0 Å². The highest BCUT2D eigenvalue weighted by molar-refractivity contribution is 5.74. The van der Waals surface area contributed by atoms with E-state index in [2.05, 4.69) is 17.6 Å². The second kappa shape index (κ2) is 6.67. The molecule has 0 aliphatic carbocycles. The lowest BCUT2D eigenvalue weighted by Crippen LogP contribution is -2.45. The summed E-state index contributed by atoms with van der Waals surface area (Å²) in [4.78, 5) is 11.4. The summed E-state index contributed by atoms with van der Waals surface area (Å²) in [6.45, 7) is 6.51. The Kier molecular flexibility index (Phi) is 5.47. The third-order valence-corrected chi connectivity index (χ3v) is 2.87. The van der Waals surface area contributed by atoms with Crippen molar-refractivity contribution in [1.82, 2.24) is 10.6 Å². The monoisotopic (exact) mass is 214 g/mol. The van der Waals surface area contributed by atoms with Crippen molar-refractivity contribution < 1.29 is 9.53 Å². The summed E-state index contributed by atoms with van der Waals surface area (Å²) in [5.41, 5.74) is 0. The van der Waals surface area contributed by atoms with Crippen molar-refractivity contribution >= 4 is 6.03 Å². The van der Waals surface area contributed by atoms with Crippen LogP contribution in [0, 0.1) is 5.92 Å². The summed E-state index contributed by atoms with van der Waals surface area (Å²) >= 11 is 0. The summed E-state index contributed by atoms with van der Waals surface area (Å²) < 4.78 is 5.29. The maximum absolute atomic E-state index is 11.4. The Morgan fingerprint density at radius 3 is 2.73 bits per heavy atom. The standard InChI is InChI=1S/C11H22N2O2/c1-3-6-12-11(14)13-9(2)10-4-7-15-8-5-10/h9-10H,3-8H2,1-2H3,(H2,12,13,14). The van der Waals surface area contributed by atoms with Gasteiger partial charge < -0.3 is 15.4 Å². The summed E-state index contributed by atoms with van der Waals surface area (Å²) in [5, 5.41) is 5.80. The molecule has 2 N–H and O–H groups in total. The predicted molar refractivity (Wildman–Crippen MR) is 59.8 cm³/mol. The topological polar surface area (TPSA) is 50.4 Å². The summed E-state index contributed by atoms with van der Waals surface area (Å²) in [7, 11) is 0. The molecule has 0 radical (unpaired) electrons.